The minimum absolute atomic E-state index is 0.249. The molecule has 0 saturated carbocycles. The molecule has 1 aromatic carbocycles. The number of hydrogen-bond acceptors (Lipinski definition) is 4. The normalized spacial score (nSPS) is 15.4. The SMILES string of the molecule is COC(=O)c1cc2c(cc1C(=O)OC)CC(C[Te])(C[Te])C2. The van der Waals surface area contributed by atoms with E-state index in [1.807, 2.05) is 12.1 Å². The average molecular weight is 515 g/mol. The Labute approximate surface area is 150 Å². The summed E-state index contributed by atoms with van der Waals surface area (Å²) in [5, 5.41) is 0. The predicted octanol–water partition coefficient (Wildman–Crippen LogP) is 1.52. The number of rotatable bonds is 4. The summed E-state index contributed by atoms with van der Waals surface area (Å²) in [5.74, 6) is -0.991. The van der Waals surface area contributed by atoms with E-state index < -0.39 is 11.9 Å². The molecule has 6 heteroatoms. The summed E-state index contributed by atoms with van der Waals surface area (Å²) >= 11 is 4.24. The van der Waals surface area contributed by atoms with E-state index in [9.17, 15) is 9.59 Å². The van der Waals surface area contributed by atoms with Crippen molar-refractivity contribution in [1.29, 1.82) is 0 Å². The molecular formula is C15H16O4Te2. The van der Waals surface area contributed by atoms with E-state index in [2.05, 4.69) is 44.6 Å². The summed E-state index contributed by atoms with van der Waals surface area (Å²) in [6.07, 6.45) is 1.90. The molecule has 0 unspecified atom stereocenters. The fourth-order valence-electron chi connectivity index (χ4n) is 2.69. The number of carbonyl (C=O) groups excluding carboxylic acids is 2. The number of carbonyl (C=O) groups is 2. The quantitative estimate of drug-likeness (QED) is 0.451. The van der Waals surface area contributed by atoms with Crippen LogP contribution in [0.1, 0.15) is 31.8 Å². The van der Waals surface area contributed by atoms with Crippen LogP contribution in [-0.2, 0) is 22.3 Å². The van der Waals surface area contributed by atoms with E-state index in [0.29, 0.717) is 11.1 Å². The summed E-state index contributed by atoms with van der Waals surface area (Å²) in [5.41, 5.74) is 3.14. The molecule has 0 bridgehead atoms. The predicted molar refractivity (Wildman–Crippen MR) is 80.1 cm³/mol. The third-order valence-corrected chi connectivity index (χ3v) is 7.39. The van der Waals surface area contributed by atoms with Crippen molar-refractivity contribution in [3.05, 3.63) is 34.4 Å². The first kappa shape index (κ1) is 17.1. The van der Waals surface area contributed by atoms with Crippen LogP contribution < -0.4 is 0 Å². The Balaban J connectivity index is 2.52. The molecule has 0 saturated heterocycles. The molecule has 2 rings (SSSR count). The Hall–Kier alpha value is -0.261. The third kappa shape index (κ3) is 3.25. The zero-order valence-corrected chi connectivity index (χ0v) is 16.6. The second-order valence-electron chi connectivity index (χ2n) is 5.29. The number of methoxy groups -OCH3 is 2. The Morgan fingerprint density at radius 2 is 1.38 bits per heavy atom. The second kappa shape index (κ2) is 6.88. The molecule has 112 valence electrons. The van der Waals surface area contributed by atoms with Crippen LogP contribution in [0.3, 0.4) is 0 Å². The summed E-state index contributed by atoms with van der Waals surface area (Å²) in [7, 11) is 2.64. The first-order chi connectivity index (χ1) is 10.00. The van der Waals surface area contributed by atoms with Crippen molar-refractivity contribution in [3.63, 3.8) is 0 Å². The molecule has 0 aromatic heterocycles. The second-order valence-corrected chi connectivity index (χ2v) is 6.94. The monoisotopic (exact) mass is 520 g/mol. The summed E-state index contributed by atoms with van der Waals surface area (Å²) in [6.45, 7) is 0. The van der Waals surface area contributed by atoms with E-state index in [1.54, 1.807) is 0 Å². The molecule has 0 atom stereocenters. The van der Waals surface area contributed by atoms with Crippen LogP contribution in [-0.4, -0.2) is 70.7 Å². The van der Waals surface area contributed by atoms with Gasteiger partial charge in [-0.1, -0.05) is 0 Å². The molecule has 0 fully saturated rings. The van der Waals surface area contributed by atoms with Crippen molar-refractivity contribution in [2.45, 2.75) is 21.8 Å². The van der Waals surface area contributed by atoms with Gasteiger partial charge in [0.05, 0.1) is 0 Å². The van der Waals surface area contributed by atoms with E-state index >= 15 is 0 Å². The van der Waals surface area contributed by atoms with Crippen LogP contribution in [0.2, 0.25) is 8.94 Å². The Bertz CT molecular complexity index is 532. The fraction of sp³-hybridized carbons (Fsp3) is 0.467. The fourth-order valence-corrected chi connectivity index (χ4v) is 5.69. The molecule has 1 aliphatic rings. The van der Waals surface area contributed by atoms with Gasteiger partial charge in [-0.05, 0) is 0 Å². The van der Waals surface area contributed by atoms with Crippen LogP contribution in [0.4, 0.5) is 0 Å². The van der Waals surface area contributed by atoms with Crippen molar-refractivity contribution in [2.75, 3.05) is 14.2 Å². The third-order valence-electron chi connectivity index (χ3n) is 3.89. The van der Waals surface area contributed by atoms with Gasteiger partial charge < -0.3 is 0 Å². The van der Waals surface area contributed by atoms with Gasteiger partial charge in [-0.3, -0.25) is 0 Å². The van der Waals surface area contributed by atoms with Gasteiger partial charge in [-0.15, -0.1) is 0 Å². The number of benzene rings is 1. The van der Waals surface area contributed by atoms with Gasteiger partial charge in [-0.2, -0.15) is 0 Å². The summed E-state index contributed by atoms with van der Waals surface area (Å²) < 4.78 is 11.8. The molecule has 1 aliphatic carbocycles. The van der Waals surface area contributed by atoms with E-state index in [4.69, 9.17) is 9.47 Å². The van der Waals surface area contributed by atoms with E-state index in [0.717, 1.165) is 32.9 Å². The van der Waals surface area contributed by atoms with Crippen molar-refractivity contribution >= 4 is 56.5 Å². The number of fused-ring (bicyclic) bond motifs is 1. The first-order valence-corrected chi connectivity index (χ1v) is 9.78. The van der Waals surface area contributed by atoms with Gasteiger partial charge in [0.15, 0.2) is 0 Å². The Morgan fingerprint density at radius 1 is 1.00 bits per heavy atom. The van der Waals surface area contributed by atoms with Crippen LogP contribution >= 0.6 is 0 Å². The van der Waals surface area contributed by atoms with E-state index in [1.165, 1.54) is 14.2 Å². The van der Waals surface area contributed by atoms with Gasteiger partial charge in [0.2, 0.25) is 0 Å². The Kier molecular flexibility index (Phi) is 5.60. The molecule has 0 heterocycles. The standard InChI is InChI=1S/C15H16O4Te2/c1-18-13(16)11-3-9-5-15(7-20,8-21)6-10(9)4-12(11)14(17)19-2/h3-4H,5-8H2,1-2H3. The molecule has 2 radical (unpaired) electrons. The van der Waals surface area contributed by atoms with Crippen molar-refractivity contribution in [3.8, 4) is 0 Å². The summed E-state index contributed by atoms with van der Waals surface area (Å²) in [6, 6.07) is 3.62. The van der Waals surface area contributed by atoms with Crippen LogP contribution in [0.15, 0.2) is 12.1 Å². The molecule has 21 heavy (non-hydrogen) atoms. The molecular weight excluding hydrogens is 499 g/mol. The average Bonchev–Trinajstić information content (AvgIpc) is 2.90. The van der Waals surface area contributed by atoms with Crippen molar-refractivity contribution in [2.24, 2.45) is 5.41 Å². The van der Waals surface area contributed by atoms with Gasteiger partial charge in [0.1, 0.15) is 0 Å². The van der Waals surface area contributed by atoms with Crippen LogP contribution in [0, 0.1) is 5.41 Å². The Morgan fingerprint density at radius 3 is 1.67 bits per heavy atom. The molecule has 0 amide bonds. The van der Waals surface area contributed by atoms with Crippen LogP contribution in [0.25, 0.3) is 0 Å². The topological polar surface area (TPSA) is 52.6 Å². The maximum absolute atomic E-state index is 11.9. The minimum atomic E-state index is -0.495. The number of ether oxygens (including phenoxy) is 2. The van der Waals surface area contributed by atoms with Gasteiger partial charge in [-0.25, -0.2) is 0 Å². The van der Waals surface area contributed by atoms with Gasteiger partial charge in [0.25, 0.3) is 0 Å². The summed E-state index contributed by atoms with van der Waals surface area (Å²) in [4.78, 5) is 23.9. The molecule has 4 nitrogen and oxygen atoms in total. The van der Waals surface area contributed by atoms with Gasteiger partial charge >= 0.3 is 151 Å². The molecule has 0 spiro atoms. The van der Waals surface area contributed by atoms with Gasteiger partial charge in [0, 0.05) is 0 Å². The van der Waals surface area contributed by atoms with E-state index in [-0.39, 0.29) is 5.41 Å². The zero-order valence-electron chi connectivity index (χ0n) is 11.9. The molecule has 0 N–H and O–H groups in total. The molecule has 0 aliphatic heterocycles. The van der Waals surface area contributed by atoms with Crippen LogP contribution in [0.5, 0.6) is 0 Å². The molecule has 1 aromatic rings. The van der Waals surface area contributed by atoms with Crippen molar-refractivity contribution in [1.82, 2.24) is 0 Å². The number of hydrogen-bond donors (Lipinski definition) is 0. The first-order valence-electron chi connectivity index (χ1n) is 6.49. The maximum atomic E-state index is 11.9. The number of esters is 2. The van der Waals surface area contributed by atoms with Crippen molar-refractivity contribution < 1.29 is 19.1 Å². The zero-order chi connectivity index (χ0) is 15.6.